The standard InChI is InChI=1S/C22H22O5/c23-19(17-12-6-10-14-7-4-5-11-16(14)17)13-18(21(24)25)20(22(26)27)15-8-2-1-3-9-15/h4-7,10-12,15H,1-3,8-9,13H2,(H,24,25)(H,26,27). The SMILES string of the molecule is O=C(O)C(CC(=O)c1cccc2ccccc12)=C(C(=O)O)C1CCCCC1. The molecular formula is C22H22O5. The van der Waals surface area contributed by atoms with Crippen LogP contribution in [-0.4, -0.2) is 27.9 Å². The van der Waals surface area contributed by atoms with Crippen LogP contribution in [-0.2, 0) is 9.59 Å². The van der Waals surface area contributed by atoms with Gasteiger partial charge in [-0.1, -0.05) is 61.7 Å². The van der Waals surface area contributed by atoms with Gasteiger partial charge >= 0.3 is 11.9 Å². The molecule has 0 aliphatic heterocycles. The summed E-state index contributed by atoms with van der Waals surface area (Å²) in [5.74, 6) is -3.24. The number of Topliss-reactive ketones (excluding diaryl/α,β-unsaturated/α-hetero) is 1. The number of ketones is 1. The molecule has 0 bridgehead atoms. The van der Waals surface area contributed by atoms with Crippen molar-refractivity contribution in [3.05, 3.63) is 59.2 Å². The summed E-state index contributed by atoms with van der Waals surface area (Å²) >= 11 is 0. The summed E-state index contributed by atoms with van der Waals surface area (Å²) in [4.78, 5) is 36.6. The number of carboxylic acids is 2. The van der Waals surface area contributed by atoms with E-state index in [0.29, 0.717) is 18.4 Å². The molecule has 27 heavy (non-hydrogen) atoms. The molecule has 0 amide bonds. The van der Waals surface area contributed by atoms with Crippen molar-refractivity contribution in [3.8, 4) is 0 Å². The second-order valence-corrected chi connectivity index (χ2v) is 6.96. The van der Waals surface area contributed by atoms with Crippen molar-refractivity contribution in [3.63, 3.8) is 0 Å². The van der Waals surface area contributed by atoms with Crippen molar-refractivity contribution in [2.45, 2.75) is 38.5 Å². The number of hydrogen-bond acceptors (Lipinski definition) is 3. The molecule has 2 N–H and O–H groups in total. The van der Waals surface area contributed by atoms with Gasteiger partial charge in [-0.05, 0) is 29.5 Å². The zero-order chi connectivity index (χ0) is 19.4. The third-order valence-electron chi connectivity index (χ3n) is 5.25. The maximum atomic E-state index is 12.9. The lowest BCUT2D eigenvalue weighted by Crippen LogP contribution is -2.22. The number of carboxylic acid groups (broad SMARTS) is 2. The predicted octanol–water partition coefficient (Wildman–Crippen LogP) is 4.46. The van der Waals surface area contributed by atoms with E-state index in [-0.39, 0.29) is 22.8 Å². The zero-order valence-corrected chi connectivity index (χ0v) is 15.0. The number of aliphatic carboxylic acids is 2. The maximum absolute atomic E-state index is 12.9. The summed E-state index contributed by atoms with van der Waals surface area (Å²) in [6.45, 7) is 0. The average Bonchev–Trinajstić information content (AvgIpc) is 2.67. The Balaban J connectivity index is 2.00. The molecule has 0 aromatic heterocycles. The van der Waals surface area contributed by atoms with Crippen LogP contribution in [0.25, 0.3) is 10.8 Å². The van der Waals surface area contributed by atoms with E-state index in [2.05, 4.69) is 0 Å². The highest BCUT2D eigenvalue weighted by atomic mass is 16.4. The van der Waals surface area contributed by atoms with E-state index >= 15 is 0 Å². The van der Waals surface area contributed by atoms with Crippen molar-refractivity contribution in [2.75, 3.05) is 0 Å². The van der Waals surface area contributed by atoms with Crippen molar-refractivity contribution in [1.82, 2.24) is 0 Å². The van der Waals surface area contributed by atoms with E-state index < -0.39 is 18.4 Å². The van der Waals surface area contributed by atoms with Crippen molar-refractivity contribution < 1.29 is 24.6 Å². The number of benzene rings is 2. The van der Waals surface area contributed by atoms with E-state index in [9.17, 15) is 24.6 Å². The van der Waals surface area contributed by atoms with Gasteiger partial charge in [0.25, 0.3) is 0 Å². The molecule has 0 atom stereocenters. The van der Waals surface area contributed by atoms with Gasteiger partial charge in [0.2, 0.25) is 0 Å². The summed E-state index contributed by atoms with van der Waals surface area (Å²) in [7, 11) is 0. The number of fused-ring (bicyclic) bond motifs is 1. The molecule has 140 valence electrons. The van der Waals surface area contributed by atoms with E-state index in [1.54, 1.807) is 12.1 Å². The number of rotatable bonds is 6. The third-order valence-corrected chi connectivity index (χ3v) is 5.25. The zero-order valence-electron chi connectivity index (χ0n) is 15.0. The predicted molar refractivity (Wildman–Crippen MR) is 102 cm³/mol. The third kappa shape index (κ3) is 4.08. The summed E-state index contributed by atoms with van der Waals surface area (Å²) in [5.41, 5.74) is 0.0309. The molecule has 5 heteroatoms. The van der Waals surface area contributed by atoms with Gasteiger partial charge in [-0.3, -0.25) is 4.79 Å². The molecule has 1 aliphatic carbocycles. The quantitative estimate of drug-likeness (QED) is 0.582. The largest absolute Gasteiger partial charge is 0.478 e. The average molecular weight is 366 g/mol. The fourth-order valence-electron chi connectivity index (χ4n) is 3.95. The Morgan fingerprint density at radius 2 is 1.52 bits per heavy atom. The summed E-state index contributed by atoms with van der Waals surface area (Å²) < 4.78 is 0. The van der Waals surface area contributed by atoms with Crippen LogP contribution in [0.5, 0.6) is 0 Å². The normalized spacial score (nSPS) is 16.0. The lowest BCUT2D eigenvalue weighted by molar-refractivity contribution is -0.136. The Labute approximate surface area is 157 Å². The van der Waals surface area contributed by atoms with Crippen molar-refractivity contribution in [1.29, 1.82) is 0 Å². The Morgan fingerprint density at radius 1 is 0.852 bits per heavy atom. The lowest BCUT2D eigenvalue weighted by Gasteiger charge is -2.23. The smallest absolute Gasteiger partial charge is 0.332 e. The highest BCUT2D eigenvalue weighted by Crippen LogP contribution is 2.33. The van der Waals surface area contributed by atoms with E-state index in [4.69, 9.17) is 0 Å². The lowest BCUT2D eigenvalue weighted by atomic mass is 9.80. The second-order valence-electron chi connectivity index (χ2n) is 6.96. The molecule has 1 saturated carbocycles. The van der Waals surface area contributed by atoms with Gasteiger partial charge in [-0.2, -0.15) is 0 Å². The monoisotopic (exact) mass is 366 g/mol. The number of carbonyl (C=O) groups excluding carboxylic acids is 1. The molecule has 3 rings (SSSR count). The fourth-order valence-corrected chi connectivity index (χ4v) is 3.95. The van der Waals surface area contributed by atoms with E-state index in [0.717, 1.165) is 30.0 Å². The Hall–Kier alpha value is -2.95. The molecule has 0 radical (unpaired) electrons. The Morgan fingerprint density at radius 3 is 2.19 bits per heavy atom. The summed E-state index contributed by atoms with van der Waals surface area (Å²) in [5, 5.41) is 21.0. The van der Waals surface area contributed by atoms with Crippen LogP contribution in [0.3, 0.4) is 0 Å². The molecule has 2 aromatic rings. The minimum atomic E-state index is -1.33. The number of hydrogen-bond donors (Lipinski definition) is 2. The van der Waals surface area contributed by atoms with Gasteiger partial charge in [0.15, 0.2) is 5.78 Å². The molecule has 0 unspecified atom stereocenters. The Kier molecular flexibility index (Phi) is 5.69. The molecule has 1 fully saturated rings. The number of carbonyl (C=O) groups is 3. The van der Waals surface area contributed by atoms with Crippen LogP contribution in [0.1, 0.15) is 48.9 Å². The molecule has 0 spiro atoms. The Bertz CT molecular complexity index is 914. The molecule has 2 aromatic carbocycles. The minimum absolute atomic E-state index is 0.101. The first-order valence-corrected chi connectivity index (χ1v) is 9.19. The van der Waals surface area contributed by atoms with Gasteiger partial charge < -0.3 is 10.2 Å². The summed E-state index contributed by atoms with van der Waals surface area (Å²) in [6.07, 6.45) is 3.68. The minimum Gasteiger partial charge on any atom is -0.478 e. The van der Waals surface area contributed by atoms with Gasteiger partial charge in [-0.25, -0.2) is 9.59 Å². The van der Waals surface area contributed by atoms with Gasteiger partial charge in [-0.15, -0.1) is 0 Å². The van der Waals surface area contributed by atoms with Gasteiger partial charge in [0.05, 0.1) is 11.1 Å². The van der Waals surface area contributed by atoms with Crippen molar-refractivity contribution in [2.24, 2.45) is 5.92 Å². The topological polar surface area (TPSA) is 91.7 Å². The van der Waals surface area contributed by atoms with Crippen LogP contribution in [0.2, 0.25) is 0 Å². The van der Waals surface area contributed by atoms with Gasteiger partial charge in [0.1, 0.15) is 0 Å². The molecular weight excluding hydrogens is 344 g/mol. The van der Waals surface area contributed by atoms with Crippen LogP contribution in [0, 0.1) is 5.92 Å². The van der Waals surface area contributed by atoms with Crippen LogP contribution < -0.4 is 0 Å². The first-order valence-electron chi connectivity index (χ1n) is 9.19. The van der Waals surface area contributed by atoms with E-state index in [1.165, 1.54) is 0 Å². The summed E-state index contributed by atoms with van der Waals surface area (Å²) in [6, 6.07) is 12.7. The van der Waals surface area contributed by atoms with E-state index in [1.807, 2.05) is 30.3 Å². The molecule has 1 aliphatic rings. The molecule has 5 nitrogen and oxygen atoms in total. The van der Waals surface area contributed by atoms with Crippen LogP contribution >= 0.6 is 0 Å². The van der Waals surface area contributed by atoms with Crippen LogP contribution in [0.4, 0.5) is 0 Å². The maximum Gasteiger partial charge on any atom is 0.332 e. The van der Waals surface area contributed by atoms with Crippen LogP contribution in [0.15, 0.2) is 53.6 Å². The first-order chi connectivity index (χ1) is 13.0. The fraction of sp³-hybridized carbons (Fsp3) is 0.318. The highest BCUT2D eigenvalue weighted by molar-refractivity contribution is 6.12. The molecule has 0 saturated heterocycles. The van der Waals surface area contributed by atoms with Crippen molar-refractivity contribution >= 4 is 28.5 Å². The molecule has 0 heterocycles. The van der Waals surface area contributed by atoms with Gasteiger partial charge in [0, 0.05) is 12.0 Å². The second kappa shape index (κ2) is 8.16. The highest BCUT2D eigenvalue weighted by Gasteiger charge is 2.30. The first kappa shape index (κ1) is 18.8.